The van der Waals surface area contributed by atoms with Crippen molar-refractivity contribution < 1.29 is 4.79 Å². The monoisotopic (exact) mass is 363 g/mol. The summed E-state index contributed by atoms with van der Waals surface area (Å²) >= 11 is 0. The number of nitrogens with zero attached hydrogens (tertiary/aromatic N) is 2. The second kappa shape index (κ2) is 6.99. The van der Waals surface area contributed by atoms with Crippen LogP contribution in [0.5, 0.6) is 0 Å². The zero-order valence-electron chi connectivity index (χ0n) is 16.5. The predicted molar refractivity (Wildman–Crippen MR) is 110 cm³/mol. The molecule has 1 amide bonds. The van der Waals surface area contributed by atoms with Crippen molar-refractivity contribution in [1.82, 2.24) is 9.55 Å². The third-order valence-corrected chi connectivity index (χ3v) is 4.38. The number of benzene rings is 2. The lowest BCUT2D eigenvalue weighted by Gasteiger charge is -2.18. The molecule has 0 saturated carbocycles. The van der Waals surface area contributed by atoms with Crippen LogP contribution in [0.1, 0.15) is 38.6 Å². The highest BCUT2D eigenvalue weighted by molar-refractivity contribution is 5.92. The number of hydrogen-bond donors (Lipinski definition) is 1. The lowest BCUT2D eigenvalue weighted by molar-refractivity contribution is -0.117. The van der Waals surface area contributed by atoms with E-state index in [1.807, 2.05) is 71.0 Å². The number of nitrogens with one attached hydrogen (secondary N) is 1. The molecule has 1 heterocycles. The van der Waals surface area contributed by atoms with Gasteiger partial charge in [-0.2, -0.15) is 0 Å². The van der Waals surface area contributed by atoms with E-state index in [2.05, 4.69) is 10.3 Å². The number of aryl methyl sites for hydroxylation is 2. The van der Waals surface area contributed by atoms with Crippen molar-refractivity contribution in [3.63, 3.8) is 0 Å². The average Bonchev–Trinajstić information content (AvgIpc) is 2.55. The minimum absolute atomic E-state index is 0.0148. The molecule has 1 aromatic heterocycles. The van der Waals surface area contributed by atoms with Gasteiger partial charge in [-0.1, -0.05) is 32.9 Å². The number of hydrogen-bond acceptors (Lipinski definition) is 3. The minimum atomic E-state index is -0.0954. The second-order valence-electron chi connectivity index (χ2n) is 8.10. The third-order valence-electron chi connectivity index (χ3n) is 4.38. The van der Waals surface area contributed by atoms with E-state index in [1.54, 1.807) is 10.6 Å². The number of aromatic nitrogens is 2. The van der Waals surface area contributed by atoms with Gasteiger partial charge in [0.1, 0.15) is 5.82 Å². The molecular weight excluding hydrogens is 338 g/mol. The SMILES string of the molecule is Cc1cc(-n2c(C)nc3ccccc3c2=O)ccc1NC(=O)CC(C)(C)C. The van der Waals surface area contributed by atoms with Gasteiger partial charge >= 0.3 is 0 Å². The Bertz CT molecular complexity index is 1080. The molecule has 0 radical (unpaired) electrons. The third kappa shape index (κ3) is 4.08. The van der Waals surface area contributed by atoms with E-state index in [-0.39, 0.29) is 16.9 Å². The summed E-state index contributed by atoms with van der Waals surface area (Å²) in [6, 6.07) is 12.9. The van der Waals surface area contributed by atoms with Crippen molar-refractivity contribution in [2.45, 2.75) is 41.0 Å². The van der Waals surface area contributed by atoms with E-state index in [9.17, 15) is 9.59 Å². The standard InChI is InChI=1S/C22H25N3O2/c1-14-12-16(10-11-18(14)24-20(26)13-22(3,4)5)25-15(2)23-19-9-7-6-8-17(19)21(25)27/h6-12H,13H2,1-5H3,(H,24,26). The maximum absolute atomic E-state index is 12.9. The first kappa shape index (κ1) is 18.8. The molecule has 0 fully saturated rings. The predicted octanol–water partition coefficient (Wildman–Crippen LogP) is 4.38. The summed E-state index contributed by atoms with van der Waals surface area (Å²) in [7, 11) is 0. The van der Waals surface area contributed by atoms with Crippen LogP contribution in [0.25, 0.3) is 16.6 Å². The van der Waals surface area contributed by atoms with Crippen LogP contribution < -0.4 is 10.9 Å². The Morgan fingerprint density at radius 2 is 1.81 bits per heavy atom. The fraction of sp³-hybridized carbons (Fsp3) is 0.318. The Labute approximate surface area is 159 Å². The molecule has 2 aromatic carbocycles. The number of amides is 1. The molecule has 5 heteroatoms. The summed E-state index contributed by atoms with van der Waals surface area (Å²) in [4.78, 5) is 29.7. The fourth-order valence-corrected chi connectivity index (χ4v) is 3.15. The van der Waals surface area contributed by atoms with Crippen LogP contribution in [-0.4, -0.2) is 15.5 Å². The van der Waals surface area contributed by atoms with Crippen LogP contribution in [0, 0.1) is 19.3 Å². The van der Waals surface area contributed by atoms with Gasteiger partial charge in [-0.25, -0.2) is 4.98 Å². The van der Waals surface area contributed by atoms with Gasteiger partial charge in [-0.3, -0.25) is 14.2 Å². The fourth-order valence-electron chi connectivity index (χ4n) is 3.15. The molecule has 1 N–H and O–H groups in total. The van der Waals surface area contributed by atoms with Gasteiger partial charge in [-0.15, -0.1) is 0 Å². The second-order valence-corrected chi connectivity index (χ2v) is 8.10. The molecule has 0 spiro atoms. The Kier molecular flexibility index (Phi) is 4.87. The van der Waals surface area contributed by atoms with Gasteiger partial charge in [0.2, 0.25) is 5.91 Å². The molecule has 140 valence electrons. The first-order valence-corrected chi connectivity index (χ1v) is 9.05. The molecule has 0 unspecified atom stereocenters. The first-order chi connectivity index (χ1) is 12.7. The Morgan fingerprint density at radius 1 is 1.11 bits per heavy atom. The van der Waals surface area contributed by atoms with Crippen LogP contribution in [0.3, 0.4) is 0 Å². The van der Waals surface area contributed by atoms with Crippen molar-refractivity contribution in [1.29, 1.82) is 0 Å². The smallest absolute Gasteiger partial charge is 0.265 e. The molecule has 3 aromatic rings. The van der Waals surface area contributed by atoms with Gasteiger partial charge < -0.3 is 5.32 Å². The number of para-hydroxylation sites is 1. The van der Waals surface area contributed by atoms with Gasteiger partial charge in [0.05, 0.1) is 16.6 Å². The number of anilines is 1. The van der Waals surface area contributed by atoms with Crippen molar-refractivity contribution in [2.75, 3.05) is 5.32 Å². The molecule has 0 aliphatic heterocycles. The van der Waals surface area contributed by atoms with E-state index >= 15 is 0 Å². The van der Waals surface area contributed by atoms with Crippen LogP contribution in [0.2, 0.25) is 0 Å². The van der Waals surface area contributed by atoms with Crippen LogP contribution in [0.15, 0.2) is 47.3 Å². The first-order valence-electron chi connectivity index (χ1n) is 9.05. The minimum Gasteiger partial charge on any atom is -0.326 e. The largest absolute Gasteiger partial charge is 0.326 e. The van der Waals surface area contributed by atoms with E-state index in [0.717, 1.165) is 16.9 Å². The lowest BCUT2D eigenvalue weighted by atomic mass is 9.92. The van der Waals surface area contributed by atoms with Crippen molar-refractivity contribution in [3.8, 4) is 5.69 Å². The van der Waals surface area contributed by atoms with Gasteiger partial charge in [-0.05, 0) is 55.2 Å². The summed E-state index contributed by atoms with van der Waals surface area (Å²) in [6.07, 6.45) is 0.446. The number of rotatable bonds is 3. The lowest BCUT2D eigenvalue weighted by Crippen LogP contribution is -2.23. The van der Waals surface area contributed by atoms with Crippen molar-refractivity contribution in [3.05, 3.63) is 64.2 Å². The van der Waals surface area contributed by atoms with Crippen molar-refractivity contribution >= 4 is 22.5 Å². The number of carbonyl (C=O) groups excluding carboxylic acids is 1. The van der Waals surface area contributed by atoms with E-state index in [4.69, 9.17) is 0 Å². The van der Waals surface area contributed by atoms with E-state index in [1.165, 1.54) is 0 Å². The average molecular weight is 363 g/mol. The Balaban J connectivity index is 1.98. The van der Waals surface area contributed by atoms with E-state index in [0.29, 0.717) is 23.1 Å². The van der Waals surface area contributed by atoms with Crippen LogP contribution >= 0.6 is 0 Å². The maximum atomic E-state index is 12.9. The van der Waals surface area contributed by atoms with Crippen LogP contribution in [-0.2, 0) is 4.79 Å². The van der Waals surface area contributed by atoms with Gasteiger partial charge in [0.25, 0.3) is 5.56 Å². The summed E-state index contributed by atoms with van der Waals surface area (Å²) < 4.78 is 1.61. The normalized spacial score (nSPS) is 11.6. The Morgan fingerprint density at radius 3 is 2.48 bits per heavy atom. The Hall–Kier alpha value is -2.95. The van der Waals surface area contributed by atoms with Crippen molar-refractivity contribution in [2.24, 2.45) is 5.41 Å². The molecule has 0 saturated heterocycles. The topological polar surface area (TPSA) is 64.0 Å². The zero-order valence-corrected chi connectivity index (χ0v) is 16.5. The summed E-state index contributed by atoms with van der Waals surface area (Å²) in [5.41, 5.74) is 2.92. The van der Waals surface area contributed by atoms with Crippen LogP contribution in [0.4, 0.5) is 5.69 Å². The molecule has 0 atom stereocenters. The summed E-state index contributed by atoms with van der Waals surface area (Å²) in [5, 5.41) is 3.55. The highest BCUT2D eigenvalue weighted by Crippen LogP contribution is 2.23. The summed E-state index contributed by atoms with van der Waals surface area (Å²) in [6.45, 7) is 9.84. The van der Waals surface area contributed by atoms with E-state index < -0.39 is 0 Å². The highest BCUT2D eigenvalue weighted by Gasteiger charge is 2.17. The molecule has 3 rings (SSSR count). The highest BCUT2D eigenvalue weighted by atomic mass is 16.1. The van der Waals surface area contributed by atoms with Gasteiger partial charge in [0, 0.05) is 12.1 Å². The van der Waals surface area contributed by atoms with Gasteiger partial charge in [0.15, 0.2) is 0 Å². The molecule has 5 nitrogen and oxygen atoms in total. The molecule has 0 bridgehead atoms. The molecule has 0 aliphatic carbocycles. The molecule has 27 heavy (non-hydrogen) atoms. The maximum Gasteiger partial charge on any atom is 0.265 e. The number of fused-ring (bicyclic) bond motifs is 1. The molecular formula is C22H25N3O2. The quantitative estimate of drug-likeness (QED) is 0.751. The summed E-state index contributed by atoms with van der Waals surface area (Å²) in [5.74, 6) is 0.613. The molecule has 0 aliphatic rings. The zero-order chi connectivity index (χ0) is 19.8. The number of carbonyl (C=O) groups is 1.